The highest BCUT2D eigenvalue weighted by Crippen LogP contribution is 2.30. The third-order valence-corrected chi connectivity index (χ3v) is 3.54. The molecule has 4 nitrogen and oxygen atoms in total. The lowest BCUT2D eigenvalue weighted by atomic mass is 10.1. The van der Waals surface area contributed by atoms with E-state index < -0.39 is 0 Å². The van der Waals surface area contributed by atoms with Crippen LogP contribution in [0.1, 0.15) is 5.56 Å². The highest BCUT2D eigenvalue weighted by Gasteiger charge is 2.06. The van der Waals surface area contributed by atoms with Gasteiger partial charge in [-0.15, -0.1) is 0 Å². The van der Waals surface area contributed by atoms with Crippen LogP contribution in [0.5, 0.6) is 11.5 Å². The van der Waals surface area contributed by atoms with Crippen molar-refractivity contribution in [3.63, 3.8) is 0 Å². The number of aromatic nitrogens is 1. The quantitative estimate of drug-likeness (QED) is 0.748. The van der Waals surface area contributed by atoms with Crippen molar-refractivity contribution in [3.05, 3.63) is 54.2 Å². The second-order valence-electron chi connectivity index (χ2n) is 4.78. The Labute approximate surface area is 123 Å². The number of benzene rings is 2. The molecule has 0 unspecified atom stereocenters. The van der Waals surface area contributed by atoms with Gasteiger partial charge in [0.1, 0.15) is 0 Å². The summed E-state index contributed by atoms with van der Waals surface area (Å²) >= 11 is 0. The minimum atomic E-state index is 0.724. The second-order valence-corrected chi connectivity index (χ2v) is 4.78. The largest absolute Gasteiger partial charge is 0.493 e. The van der Waals surface area contributed by atoms with Crippen LogP contribution in [-0.2, 0) is 6.54 Å². The van der Waals surface area contributed by atoms with E-state index in [0.717, 1.165) is 29.2 Å². The number of ether oxygens (including phenoxy) is 2. The highest BCUT2D eigenvalue weighted by atomic mass is 16.5. The second kappa shape index (κ2) is 5.79. The lowest BCUT2D eigenvalue weighted by molar-refractivity contribution is 0.355. The Morgan fingerprint density at radius 3 is 2.62 bits per heavy atom. The normalized spacial score (nSPS) is 10.6. The summed E-state index contributed by atoms with van der Waals surface area (Å²) in [5.41, 5.74) is 3.39. The Kier molecular flexibility index (Phi) is 3.69. The van der Waals surface area contributed by atoms with Crippen molar-refractivity contribution in [2.24, 2.45) is 0 Å². The van der Waals surface area contributed by atoms with Gasteiger partial charge in [0, 0.05) is 35.4 Å². The number of methoxy groups -OCH3 is 2. The van der Waals surface area contributed by atoms with Crippen LogP contribution in [-0.4, -0.2) is 19.2 Å². The number of hydrogen-bond acceptors (Lipinski definition) is 3. The summed E-state index contributed by atoms with van der Waals surface area (Å²) in [5.74, 6) is 1.46. The number of rotatable bonds is 5. The van der Waals surface area contributed by atoms with Crippen molar-refractivity contribution in [1.82, 2.24) is 4.98 Å². The Morgan fingerprint density at radius 2 is 1.81 bits per heavy atom. The zero-order valence-electron chi connectivity index (χ0n) is 12.1. The molecule has 21 heavy (non-hydrogen) atoms. The van der Waals surface area contributed by atoms with Crippen LogP contribution in [0.3, 0.4) is 0 Å². The molecule has 108 valence electrons. The summed E-state index contributed by atoms with van der Waals surface area (Å²) in [6, 6.07) is 14.1. The van der Waals surface area contributed by atoms with Crippen LogP contribution in [0, 0.1) is 0 Å². The molecule has 2 aromatic carbocycles. The molecule has 0 bridgehead atoms. The topological polar surface area (TPSA) is 46.3 Å². The number of H-pyrrole nitrogens is 1. The van der Waals surface area contributed by atoms with Gasteiger partial charge in [0.25, 0.3) is 0 Å². The predicted octanol–water partition coefficient (Wildman–Crippen LogP) is 3.80. The number of aromatic amines is 1. The first-order valence-corrected chi connectivity index (χ1v) is 6.82. The smallest absolute Gasteiger partial charge is 0.162 e. The molecule has 1 aromatic heterocycles. The van der Waals surface area contributed by atoms with Crippen LogP contribution >= 0.6 is 0 Å². The average Bonchev–Trinajstić information content (AvgIpc) is 2.96. The Bertz CT molecular complexity index is 749. The van der Waals surface area contributed by atoms with Gasteiger partial charge in [0.05, 0.1) is 14.2 Å². The highest BCUT2D eigenvalue weighted by molar-refractivity contribution is 5.83. The van der Waals surface area contributed by atoms with Gasteiger partial charge in [0.15, 0.2) is 11.5 Å². The van der Waals surface area contributed by atoms with E-state index in [4.69, 9.17) is 9.47 Å². The fraction of sp³-hybridized carbons (Fsp3) is 0.176. The van der Waals surface area contributed by atoms with Crippen molar-refractivity contribution in [2.75, 3.05) is 19.5 Å². The van der Waals surface area contributed by atoms with Crippen molar-refractivity contribution < 1.29 is 9.47 Å². The zero-order valence-corrected chi connectivity index (χ0v) is 12.1. The van der Waals surface area contributed by atoms with Crippen LogP contribution in [0.4, 0.5) is 5.69 Å². The minimum absolute atomic E-state index is 0.724. The van der Waals surface area contributed by atoms with Gasteiger partial charge in [0.2, 0.25) is 0 Å². The first-order chi connectivity index (χ1) is 10.3. The first kappa shape index (κ1) is 13.4. The lowest BCUT2D eigenvalue weighted by Gasteiger charge is -2.11. The van der Waals surface area contributed by atoms with Crippen molar-refractivity contribution in [3.8, 4) is 11.5 Å². The van der Waals surface area contributed by atoms with E-state index in [1.165, 1.54) is 10.9 Å². The van der Waals surface area contributed by atoms with Crippen molar-refractivity contribution in [1.29, 1.82) is 0 Å². The van der Waals surface area contributed by atoms with Crippen molar-refractivity contribution in [2.45, 2.75) is 6.54 Å². The summed E-state index contributed by atoms with van der Waals surface area (Å²) in [5, 5.41) is 4.65. The minimum Gasteiger partial charge on any atom is -0.493 e. The van der Waals surface area contributed by atoms with Gasteiger partial charge >= 0.3 is 0 Å². The molecule has 0 saturated heterocycles. The summed E-state index contributed by atoms with van der Waals surface area (Å²) < 4.78 is 10.6. The Morgan fingerprint density at radius 1 is 1.00 bits per heavy atom. The van der Waals surface area contributed by atoms with E-state index in [2.05, 4.69) is 28.5 Å². The number of nitrogens with one attached hydrogen (secondary N) is 2. The molecule has 0 aliphatic carbocycles. The van der Waals surface area contributed by atoms with Gasteiger partial charge < -0.3 is 19.8 Å². The standard InChI is InChI=1S/C17H18N2O2/c1-20-16-8-7-13(9-17(16)21-2)18-10-12-11-19-15-6-4-3-5-14(12)15/h3-9,11,18-19H,10H2,1-2H3. The molecular weight excluding hydrogens is 264 g/mol. The maximum atomic E-state index is 5.31. The third kappa shape index (κ3) is 2.65. The van der Waals surface area contributed by atoms with E-state index in [1.807, 2.05) is 30.5 Å². The summed E-state index contributed by atoms with van der Waals surface area (Å²) in [6.07, 6.45) is 2.04. The monoisotopic (exact) mass is 282 g/mol. The fourth-order valence-corrected chi connectivity index (χ4v) is 2.42. The maximum absolute atomic E-state index is 5.31. The lowest BCUT2D eigenvalue weighted by Crippen LogP contribution is -1.99. The molecule has 3 aromatic rings. The van der Waals surface area contributed by atoms with Crippen LogP contribution < -0.4 is 14.8 Å². The van der Waals surface area contributed by atoms with E-state index >= 15 is 0 Å². The molecule has 0 amide bonds. The Balaban J connectivity index is 1.78. The number of anilines is 1. The Hall–Kier alpha value is -2.62. The molecule has 0 radical (unpaired) electrons. The van der Waals surface area contributed by atoms with Crippen LogP contribution in [0.2, 0.25) is 0 Å². The number of para-hydroxylation sites is 1. The maximum Gasteiger partial charge on any atom is 0.162 e. The van der Waals surface area contributed by atoms with E-state index in [1.54, 1.807) is 14.2 Å². The third-order valence-electron chi connectivity index (χ3n) is 3.54. The number of hydrogen-bond donors (Lipinski definition) is 2. The van der Waals surface area contributed by atoms with Crippen LogP contribution in [0.25, 0.3) is 10.9 Å². The van der Waals surface area contributed by atoms with Gasteiger partial charge in [-0.2, -0.15) is 0 Å². The predicted molar refractivity (Wildman–Crippen MR) is 85.2 cm³/mol. The van der Waals surface area contributed by atoms with Crippen LogP contribution in [0.15, 0.2) is 48.7 Å². The molecule has 0 atom stereocenters. The SMILES string of the molecule is COc1ccc(NCc2c[nH]c3ccccc23)cc1OC. The average molecular weight is 282 g/mol. The van der Waals surface area contributed by atoms with Gasteiger partial charge in [-0.1, -0.05) is 18.2 Å². The van der Waals surface area contributed by atoms with E-state index in [-0.39, 0.29) is 0 Å². The zero-order chi connectivity index (χ0) is 14.7. The van der Waals surface area contributed by atoms with Gasteiger partial charge in [-0.3, -0.25) is 0 Å². The molecule has 3 rings (SSSR count). The van der Waals surface area contributed by atoms with Gasteiger partial charge in [-0.25, -0.2) is 0 Å². The molecule has 4 heteroatoms. The first-order valence-electron chi connectivity index (χ1n) is 6.82. The van der Waals surface area contributed by atoms with E-state index in [9.17, 15) is 0 Å². The molecular formula is C17H18N2O2. The summed E-state index contributed by atoms with van der Waals surface area (Å²) in [6.45, 7) is 0.750. The molecule has 0 saturated carbocycles. The fourth-order valence-electron chi connectivity index (χ4n) is 2.42. The molecule has 2 N–H and O–H groups in total. The number of fused-ring (bicyclic) bond motifs is 1. The molecule has 0 fully saturated rings. The van der Waals surface area contributed by atoms with E-state index in [0.29, 0.717) is 0 Å². The summed E-state index contributed by atoms with van der Waals surface area (Å²) in [4.78, 5) is 3.28. The van der Waals surface area contributed by atoms with Crippen molar-refractivity contribution >= 4 is 16.6 Å². The summed E-state index contributed by atoms with van der Waals surface area (Å²) in [7, 11) is 3.28. The van der Waals surface area contributed by atoms with Gasteiger partial charge in [-0.05, 0) is 23.8 Å². The molecule has 1 heterocycles. The molecule has 0 aliphatic rings. The molecule has 0 aliphatic heterocycles. The molecule has 0 spiro atoms.